The van der Waals surface area contributed by atoms with E-state index < -0.39 is 5.60 Å². The number of amides is 1. The van der Waals surface area contributed by atoms with Gasteiger partial charge < -0.3 is 4.74 Å². The molecule has 1 aliphatic rings. The lowest BCUT2D eigenvalue weighted by molar-refractivity contribution is 0.0241. The van der Waals surface area contributed by atoms with E-state index in [2.05, 4.69) is 12.0 Å². The van der Waals surface area contributed by atoms with Gasteiger partial charge in [0.2, 0.25) is 0 Å². The Labute approximate surface area is 112 Å². The Hall–Kier alpha value is -1.29. The predicted octanol–water partition coefficient (Wildman–Crippen LogP) is 4.03. The van der Waals surface area contributed by atoms with Crippen molar-refractivity contribution in [1.82, 2.24) is 4.90 Å². The van der Waals surface area contributed by atoms with Crippen molar-refractivity contribution in [1.29, 1.82) is 0 Å². The van der Waals surface area contributed by atoms with E-state index in [-0.39, 0.29) is 6.09 Å². The van der Waals surface area contributed by atoms with Crippen LogP contribution in [0.25, 0.3) is 5.57 Å². The first-order valence-corrected chi connectivity index (χ1v) is 6.89. The fourth-order valence-electron chi connectivity index (χ4n) is 1.99. The summed E-state index contributed by atoms with van der Waals surface area (Å²) < 4.78 is 5.39. The van der Waals surface area contributed by atoms with Crippen molar-refractivity contribution in [3.8, 4) is 0 Å². The van der Waals surface area contributed by atoms with E-state index in [0.29, 0.717) is 13.1 Å². The Morgan fingerprint density at radius 3 is 2.67 bits per heavy atom. The lowest BCUT2D eigenvalue weighted by atomic mass is 10.1. The van der Waals surface area contributed by atoms with Crippen LogP contribution in [0, 0.1) is 0 Å². The van der Waals surface area contributed by atoms with Gasteiger partial charge in [0.15, 0.2) is 0 Å². The van der Waals surface area contributed by atoms with Crippen molar-refractivity contribution in [2.45, 2.75) is 46.4 Å². The number of carbonyl (C=O) groups excluding carboxylic acids is 1. The quantitative estimate of drug-likeness (QED) is 0.767. The SMILES string of the molecule is C=C(C)c1scc2c1CN(C(=O)OC(C)(C)C)C2. The van der Waals surface area contributed by atoms with Crippen molar-refractivity contribution < 1.29 is 9.53 Å². The summed E-state index contributed by atoms with van der Waals surface area (Å²) in [5.74, 6) is 0. The minimum absolute atomic E-state index is 0.239. The van der Waals surface area contributed by atoms with Crippen LogP contribution >= 0.6 is 11.3 Å². The molecule has 98 valence electrons. The number of hydrogen-bond donors (Lipinski definition) is 0. The van der Waals surface area contributed by atoms with Crippen LogP contribution in [0.3, 0.4) is 0 Å². The molecule has 0 aliphatic carbocycles. The van der Waals surface area contributed by atoms with Crippen molar-refractivity contribution in [2.24, 2.45) is 0 Å². The molecule has 0 bridgehead atoms. The van der Waals surface area contributed by atoms with Gasteiger partial charge in [-0.15, -0.1) is 11.3 Å². The van der Waals surface area contributed by atoms with Crippen LogP contribution in [-0.4, -0.2) is 16.6 Å². The minimum atomic E-state index is -0.441. The number of allylic oxidation sites excluding steroid dienone is 1. The predicted molar refractivity (Wildman–Crippen MR) is 74.5 cm³/mol. The van der Waals surface area contributed by atoms with Crippen molar-refractivity contribution in [3.63, 3.8) is 0 Å². The molecule has 18 heavy (non-hydrogen) atoms. The van der Waals surface area contributed by atoms with Crippen LogP contribution in [0.1, 0.15) is 43.7 Å². The molecule has 0 spiro atoms. The first kappa shape index (κ1) is 13.1. The van der Waals surface area contributed by atoms with Gasteiger partial charge in [0.05, 0.1) is 13.1 Å². The third-order valence-electron chi connectivity index (χ3n) is 2.73. The minimum Gasteiger partial charge on any atom is -0.444 e. The second kappa shape index (κ2) is 4.43. The van der Waals surface area contributed by atoms with Crippen LogP contribution < -0.4 is 0 Å². The third kappa shape index (κ3) is 2.58. The number of rotatable bonds is 1. The molecule has 0 unspecified atom stereocenters. The molecular formula is C14H19NO2S. The lowest BCUT2D eigenvalue weighted by Gasteiger charge is -2.24. The highest BCUT2D eigenvalue weighted by Gasteiger charge is 2.30. The van der Waals surface area contributed by atoms with E-state index in [1.165, 1.54) is 16.0 Å². The van der Waals surface area contributed by atoms with Gasteiger partial charge in [-0.2, -0.15) is 0 Å². The first-order valence-electron chi connectivity index (χ1n) is 6.01. The smallest absolute Gasteiger partial charge is 0.410 e. The number of fused-ring (bicyclic) bond motifs is 1. The van der Waals surface area contributed by atoms with Gasteiger partial charge in [-0.05, 0) is 49.8 Å². The molecule has 0 radical (unpaired) electrons. The summed E-state index contributed by atoms with van der Waals surface area (Å²) in [6, 6.07) is 0. The molecule has 0 atom stereocenters. The molecule has 0 aromatic carbocycles. The first-order chi connectivity index (χ1) is 8.28. The molecule has 0 saturated carbocycles. The van der Waals surface area contributed by atoms with Crippen LogP contribution in [0.4, 0.5) is 4.79 Å². The standard InChI is InChI=1S/C14H19NO2S/c1-9(2)12-11-7-15(6-10(11)8-18-12)13(16)17-14(3,4)5/h8H,1,6-7H2,2-5H3. The molecular weight excluding hydrogens is 246 g/mol. The summed E-state index contributed by atoms with van der Waals surface area (Å²) in [6.45, 7) is 12.9. The van der Waals surface area contributed by atoms with Crippen LogP contribution in [0.15, 0.2) is 12.0 Å². The highest BCUT2D eigenvalue weighted by molar-refractivity contribution is 7.11. The van der Waals surface area contributed by atoms with Crippen LogP contribution in [-0.2, 0) is 17.8 Å². The summed E-state index contributed by atoms with van der Waals surface area (Å²) in [4.78, 5) is 14.9. The maximum Gasteiger partial charge on any atom is 0.410 e. The van der Waals surface area contributed by atoms with E-state index in [1.54, 1.807) is 16.2 Å². The number of hydrogen-bond acceptors (Lipinski definition) is 3. The van der Waals surface area contributed by atoms with E-state index >= 15 is 0 Å². The molecule has 1 aromatic rings. The van der Waals surface area contributed by atoms with E-state index in [0.717, 1.165) is 5.57 Å². The van der Waals surface area contributed by atoms with Crippen molar-refractivity contribution >= 4 is 23.0 Å². The Bertz CT molecular complexity index is 496. The molecule has 1 aliphatic heterocycles. The van der Waals surface area contributed by atoms with E-state index in [4.69, 9.17) is 4.74 Å². The maximum absolute atomic E-state index is 12.0. The van der Waals surface area contributed by atoms with Gasteiger partial charge in [-0.3, -0.25) is 4.90 Å². The molecule has 1 amide bonds. The second-order valence-electron chi connectivity index (χ2n) is 5.69. The maximum atomic E-state index is 12.0. The van der Waals surface area contributed by atoms with Gasteiger partial charge in [-0.25, -0.2) is 4.79 Å². The van der Waals surface area contributed by atoms with Gasteiger partial charge in [0, 0.05) is 4.88 Å². The summed E-state index contributed by atoms with van der Waals surface area (Å²) in [5, 5.41) is 2.11. The third-order valence-corrected chi connectivity index (χ3v) is 3.96. The molecule has 1 aromatic heterocycles. The lowest BCUT2D eigenvalue weighted by Crippen LogP contribution is -2.33. The van der Waals surface area contributed by atoms with E-state index in [9.17, 15) is 4.79 Å². The highest BCUT2D eigenvalue weighted by atomic mass is 32.1. The topological polar surface area (TPSA) is 29.5 Å². The van der Waals surface area contributed by atoms with Gasteiger partial charge >= 0.3 is 6.09 Å². The average molecular weight is 265 g/mol. The Morgan fingerprint density at radius 1 is 1.44 bits per heavy atom. The number of nitrogens with zero attached hydrogens (tertiary/aromatic N) is 1. The summed E-state index contributed by atoms with van der Waals surface area (Å²) in [5.41, 5.74) is 3.08. The van der Waals surface area contributed by atoms with Crippen LogP contribution in [0.2, 0.25) is 0 Å². The Morgan fingerprint density at radius 2 is 2.11 bits per heavy atom. The number of thiophene rings is 1. The fourth-order valence-corrected chi connectivity index (χ4v) is 3.01. The monoisotopic (exact) mass is 265 g/mol. The molecule has 0 fully saturated rings. The largest absolute Gasteiger partial charge is 0.444 e. The number of carbonyl (C=O) groups is 1. The Kier molecular flexibility index (Phi) is 3.23. The summed E-state index contributed by atoms with van der Waals surface area (Å²) in [6.07, 6.45) is -0.239. The highest BCUT2D eigenvalue weighted by Crippen LogP contribution is 2.35. The molecule has 3 nitrogen and oxygen atoms in total. The van der Waals surface area contributed by atoms with Gasteiger partial charge in [0.1, 0.15) is 5.60 Å². The molecule has 2 rings (SSSR count). The summed E-state index contributed by atoms with van der Waals surface area (Å²) in [7, 11) is 0. The average Bonchev–Trinajstić information content (AvgIpc) is 2.70. The van der Waals surface area contributed by atoms with Gasteiger partial charge in [-0.1, -0.05) is 6.58 Å². The molecule has 0 N–H and O–H groups in total. The molecule has 4 heteroatoms. The fraction of sp³-hybridized carbons (Fsp3) is 0.500. The molecule has 2 heterocycles. The zero-order valence-electron chi connectivity index (χ0n) is 11.4. The zero-order valence-corrected chi connectivity index (χ0v) is 12.2. The zero-order chi connectivity index (χ0) is 13.5. The summed E-state index contributed by atoms with van der Waals surface area (Å²) >= 11 is 1.71. The number of ether oxygens (including phenoxy) is 1. The molecule has 0 saturated heterocycles. The van der Waals surface area contributed by atoms with Crippen molar-refractivity contribution in [3.05, 3.63) is 28.0 Å². The normalized spacial score (nSPS) is 14.6. The van der Waals surface area contributed by atoms with Crippen LogP contribution in [0.5, 0.6) is 0 Å². The Balaban J connectivity index is 2.11. The van der Waals surface area contributed by atoms with E-state index in [1.807, 2.05) is 27.7 Å². The second-order valence-corrected chi connectivity index (χ2v) is 6.57. The van der Waals surface area contributed by atoms with Crippen molar-refractivity contribution in [2.75, 3.05) is 0 Å². The van der Waals surface area contributed by atoms with Gasteiger partial charge in [0.25, 0.3) is 0 Å².